The van der Waals surface area contributed by atoms with Crippen LogP contribution < -0.4 is 0 Å². The van der Waals surface area contributed by atoms with Crippen molar-refractivity contribution < 1.29 is 17.9 Å². The molecule has 1 rings (SSSR count). The van der Waals surface area contributed by atoms with Gasteiger partial charge in [0.05, 0.1) is 13.2 Å². The fourth-order valence-electron chi connectivity index (χ4n) is 1.11. The molecule has 1 aliphatic rings. The number of morpholine rings is 1. The Hall–Kier alpha value is -0.290. The molecular weight excluding hydrogens is 171 g/mol. The molecule has 0 aromatic heterocycles. The van der Waals surface area contributed by atoms with Crippen LogP contribution in [0.1, 0.15) is 6.92 Å². The van der Waals surface area contributed by atoms with Crippen LogP contribution in [0.5, 0.6) is 0 Å². The van der Waals surface area contributed by atoms with Crippen molar-refractivity contribution in [1.82, 2.24) is 4.90 Å². The lowest BCUT2D eigenvalue weighted by molar-refractivity contribution is -0.206. The van der Waals surface area contributed by atoms with Crippen LogP contribution in [0.15, 0.2) is 0 Å². The molecule has 0 amide bonds. The molecule has 1 fully saturated rings. The molecule has 0 aliphatic carbocycles. The summed E-state index contributed by atoms with van der Waals surface area (Å²) < 4.78 is 43.2. The molecule has 1 saturated heterocycles. The number of halogens is 3. The van der Waals surface area contributed by atoms with Gasteiger partial charge < -0.3 is 4.74 Å². The van der Waals surface area contributed by atoms with Gasteiger partial charge in [-0.25, -0.2) is 9.29 Å². The van der Waals surface area contributed by atoms with E-state index in [0.717, 1.165) is 11.8 Å². The number of hydrogen-bond donors (Lipinski definition) is 0. The van der Waals surface area contributed by atoms with Crippen LogP contribution in [-0.4, -0.2) is 43.4 Å². The van der Waals surface area contributed by atoms with Crippen molar-refractivity contribution in [1.29, 1.82) is 0 Å². The third-order valence-electron chi connectivity index (χ3n) is 1.91. The number of nitrogens with zero attached hydrogens (tertiary/aromatic N) is 1. The van der Waals surface area contributed by atoms with Gasteiger partial charge in [0.1, 0.15) is 0 Å². The zero-order chi connectivity index (χ0) is 9.19. The van der Waals surface area contributed by atoms with Gasteiger partial charge in [-0.1, -0.05) is 0 Å². The second-order valence-electron chi connectivity index (χ2n) is 2.80. The van der Waals surface area contributed by atoms with Gasteiger partial charge >= 0.3 is 6.05 Å². The van der Waals surface area contributed by atoms with E-state index in [1.807, 2.05) is 0 Å². The first kappa shape index (κ1) is 9.80. The van der Waals surface area contributed by atoms with Crippen molar-refractivity contribution in [2.75, 3.05) is 26.3 Å². The molecule has 1 heterocycles. The lowest BCUT2D eigenvalue weighted by atomic mass is 10.3. The highest BCUT2D eigenvalue weighted by Crippen LogP contribution is 2.26. The standard InChI is InChI=1S/C7H12F3NO/c1-6(8)7(9,10)11-2-4-12-5-3-11/h6H,2-5H2,1H3. The normalized spacial score (nSPS) is 24.0. The fraction of sp³-hybridized carbons (Fsp3) is 1.00. The molecular formula is C7H12F3NO. The van der Waals surface area contributed by atoms with Crippen molar-refractivity contribution in [3.05, 3.63) is 0 Å². The third kappa shape index (κ3) is 1.90. The van der Waals surface area contributed by atoms with Gasteiger partial charge in [0.25, 0.3) is 0 Å². The van der Waals surface area contributed by atoms with Gasteiger partial charge in [0.15, 0.2) is 6.17 Å². The summed E-state index contributed by atoms with van der Waals surface area (Å²) in [6.07, 6.45) is -2.13. The minimum atomic E-state index is -3.34. The first-order valence-corrected chi connectivity index (χ1v) is 3.90. The first-order valence-electron chi connectivity index (χ1n) is 3.90. The molecule has 0 radical (unpaired) electrons. The molecule has 0 N–H and O–H groups in total. The first-order chi connectivity index (χ1) is 5.55. The molecule has 0 saturated carbocycles. The maximum absolute atomic E-state index is 12.9. The smallest absolute Gasteiger partial charge is 0.335 e. The van der Waals surface area contributed by atoms with Gasteiger partial charge in [-0.05, 0) is 6.92 Å². The lowest BCUT2D eigenvalue weighted by Crippen LogP contribution is -2.52. The van der Waals surface area contributed by atoms with Gasteiger partial charge in [-0.3, -0.25) is 0 Å². The second kappa shape index (κ2) is 3.62. The van der Waals surface area contributed by atoms with Gasteiger partial charge in [0.2, 0.25) is 0 Å². The summed E-state index contributed by atoms with van der Waals surface area (Å²) in [4.78, 5) is 0.821. The maximum atomic E-state index is 12.9. The molecule has 1 unspecified atom stereocenters. The highest BCUT2D eigenvalue weighted by atomic mass is 19.3. The van der Waals surface area contributed by atoms with Crippen LogP contribution in [0.4, 0.5) is 13.2 Å². The summed E-state index contributed by atoms with van der Waals surface area (Å²) in [6.45, 7) is 1.57. The number of ether oxygens (including phenoxy) is 1. The molecule has 1 aliphatic heterocycles. The van der Waals surface area contributed by atoms with E-state index < -0.39 is 12.2 Å². The van der Waals surface area contributed by atoms with Gasteiger partial charge in [-0.15, -0.1) is 0 Å². The minimum absolute atomic E-state index is 0.0985. The van der Waals surface area contributed by atoms with Crippen LogP contribution >= 0.6 is 0 Å². The van der Waals surface area contributed by atoms with Crippen LogP contribution in [0.2, 0.25) is 0 Å². The second-order valence-corrected chi connectivity index (χ2v) is 2.80. The molecule has 1 atom stereocenters. The van der Waals surface area contributed by atoms with Gasteiger partial charge in [0, 0.05) is 13.1 Å². The SMILES string of the molecule is CC(F)C(F)(F)N1CCOCC1. The molecule has 0 aromatic rings. The van der Waals surface area contributed by atoms with E-state index in [1.165, 1.54) is 0 Å². The molecule has 0 aromatic carbocycles. The monoisotopic (exact) mass is 183 g/mol. The van der Waals surface area contributed by atoms with Crippen LogP contribution in [-0.2, 0) is 4.74 Å². The van der Waals surface area contributed by atoms with Gasteiger partial charge in [-0.2, -0.15) is 8.78 Å². The minimum Gasteiger partial charge on any atom is -0.379 e. The Kier molecular flexibility index (Phi) is 2.95. The highest BCUT2D eigenvalue weighted by Gasteiger charge is 2.43. The topological polar surface area (TPSA) is 12.5 Å². The Bertz CT molecular complexity index is 146. The number of hydrogen-bond acceptors (Lipinski definition) is 2. The Morgan fingerprint density at radius 2 is 1.83 bits per heavy atom. The lowest BCUT2D eigenvalue weighted by Gasteiger charge is -2.34. The zero-order valence-corrected chi connectivity index (χ0v) is 6.90. The van der Waals surface area contributed by atoms with Crippen LogP contribution in [0, 0.1) is 0 Å². The molecule has 0 spiro atoms. The summed E-state index contributed by atoms with van der Waals surface area (Å²) in [6, 6.07) is -3.34. The summed E-state index contributed by atoms with van der Waals surface area (Å²) in [5.41, 5.74) is 0. The average molecular weight is 183 g/mol. The van der Waals surface area contributed by atoms with E-state index >= 15 is 0 Å². The van der Waals surface area contributed by atoms with E-state index in [1.54, 1.807) is 0 Å². The number of alkyl halides is 3. The van der Waals surface area contributed by atoms with E-state index in [0.29, 0.717) is 0 Å². The zero-order valence-electron chi connectivity index (χ0n) is 6.90. The number of rotatable bonds is 2. The summed E-state index contributed by atoms with van der Waals surface area (Å²) in [5.74, 6) is 0. The van der Waals surface area contributed by atoms with Crippen LogP contribution in [0.25, 0.3) is 0 Å². The Morgan fingerprint density at radius 3 is 2.25 bits per heavy atom. The summed E-state index contributed by atoms with van der Waals surface area (Å²) in [7, 11) is 0. The van der Waals surface area contributed by atoms with E-state index in [9.17, 15) is 13.2 Å². The summed E-state index contributed by atoms with van der Waals surface area (Å²) in [5, 5.41) is 0. The van der Waals surface area contributed by atoms with Crippen molar-refractivity contribution in [3.8, 4) is 0 Å². The highest BCUT2D eigenvalue weighted by molar-refractivity contribution is 4.76. The fourth-order valence-corrected chi connectivity index (χ4v) is 1.11. The summed E-state index contributed by atoms with van der Waals surface area (Å²) >= 11 is 0. The van der Waals surface area contributed by atoms with Crippen molar-refractivity contribution >= 4 is 0 Å². The molecule has 5 heteroatoms. The Morgan fingerprint density at radius 1 is 1.33 bits per heavy atom. The molecule has 2 nitrogen and oxygen atoms in total. The van der Waals surface area contributed by atoms with Crippen molar-refractivity contribution in [2.24, 2.45) is 0 Å². The predicted molar refractivity (Wildman–Crippen MR) is 37.9 cm³/mol. The Labute approximate surface area is 69.3 Å². The Balaban J connectivity index is 2.53. The van der Waals surface area contributed by atoms with Crippen molar-refractivity contribution in [3.63, 3.8) is 0 Å². The molecule has 72 valence electrons. The average Bonchev–Trinajstić information content (AvgIpc) is 2.06. The maximum Gasteiger partial charge on any atom is 0.335 e. The van der Waals surface area contributed by atoms with Crippen molar-refractivity contribution in [2.45, 2.75) is 19.1 Å². The van der Waals surface area contributed by atoms with E-state index in [-0.39, 0.29) is 26.3 Å². The molecule has 12 heavy (non-hydrogen) atoms. The third-order valence-corrected chi connectivity index (χ3v) is 1.91. The largest absolute Gasteiger partial charge is 0.379 e. The molecule has 0 bridgehead atoms. The van der Waals surface area contributed by atoms with E-state index in [2.05, 4.69) is 0 Å². The van der Waals surface area contributed by atoms with E-state index in [4.69, 9.17) is 4.74 Å². The quantitative estimate of drug-likeness (QED) is 0.598. The predicted octanol–water partition coefficient (Wildman–Crippen LogP) is 1.27. The van der Waals surface area contributed by atoms with Crippen LogP contribution in [0.3, 0.4) is 0 Å².